The second kappa shape index (κ2) is 8.02. The summed E-state index contributed by atoms with van der Waals surface area (Å²) in [5.41, 5.74) is 2.15. The van der Waals surface area contributed by atoms with Crippen LogP contribution in [-0.2, 0) is 0 Å². The lowest BCUT2D eigenvalue weighted by molar-refractivity contribution is 0.262. The van der Waals surface area contributed by atoms with Crippen LogP contribution in [0.5, 0.6) is 17.4 Å². The van der Waals surface area contributed by atoms with E-state index < -0.39 is 0 Å². The third kappa shape index (κ3) is 4.30. The van der Waals surface area contributed by atoms with Crippen LogP contribution in [0, 0.1) is 6.92 Å². The first-order chi connectivity index (χ1) is 12.7. The second-order valence-corrected chi connectivity index (χ2v) is 5.53. The molecule has 6 nitrogen and oxygen atoms in total. The summed E-state index contributed by atoms with van der Waals surface area (Å²) in [6.07, 6.45) is 1.54. The summed E-state index contributed by atoms with van der Waals surface area (Å²) in [6, 6.07) is 17.9. The van der Waals surface area contributed by atoms with E-state index in [1.807, 2.05) is 43.3 Å². The number of ether oxygens (including phenoxy) is 2. The number of hydrogen-bond acceptors (Lipinski definition) is 4. The van der Waals surface area contributed by atoms with E-state index in [4.69, 9.17) is 9.47 Å². The summed E-state index contributed by atoms with van der Waals surface area (Å²) in [7, 11) is 1.55. The maximum atomic E-state index is 12.1. The maximum absolute atomic E-state index is 12.1. The summed E-state index contributed by atoms with van der Waals surface area (Å²) in [6.45, 7) is 1.97. The van der Waals surface area contributed by atoms with Crippen LogP contribution in [0.1, 0.15) is 5.56 Å². The third-order valence-corrected chi connectivity index (χ3v) is 3.66. The molecule has 0 aliphatic carbocycles. The number of anilines is 2. The van der Waals surface area contributed by atoms with E-state index in [2.05, 4.69) is 15.6 Å². The van der Waals surface area contributed by atoms with Crippen molar-refractivity contribution in [3.8, 4) is 17.4 Å². The molecule has 0 radical (unpaired) electrons. The smallest absolute Gasteiger partial charge is 0.323 e. The fourth-order valence-electron chi connectivity index (χ4n) is 2.33. The van der Waals surface area contributed by atoms with Crippen molar-refractivity contribution in [2.45, 2.75) is 6.92 Å². The highest BCUT2D eigenvalue weighted by molar-refractivity contribution is 6.00. The standard InChI is InChI=1S/C20H19N3O3/c1-14-7-3-5-9-17(14)26-19-12-11-15(13-21-19)22-20(24)23-16-8-4-6-10-18(16)25-2/h3-13H,1-2H3,(H2,22,23,24). The van der Waals surface area contributed by atoms with Crippen molar-refractivity contribution < 1.29 is 14.3 Å². The Morgan fingerprint density at radius 3 is 2.35 bits per heavy atom. The van der Waals surface area contributed by atoms with Gasteiger partial charge in [-0.1, -0.05) is 30.3 Å². The predicted octanol–water partition coefficient (Wildman–Crippen LogP) is 4.83. The Morgan fingerprint density at radius 2 is 1.65 bits per heavy atom. The lowest BCUT2D eigenvalue weighted by Crippen LogP contribution is -2.19. The van der Waals surface area contributed by atoms with Gasteiger partial charge in [-0.15, -0.1) is 0 Å². The van der Waals surface area contributed by atoms with Crippen LogP contribution >= 0.6 is 0 Å². The first kappa shape index (κ1) is 17.3. The molecule has 0 saturated carbocycles. The van der Waals surface area contributed by atoms with Gasteiger partial charge in [0.2, 0.25) is 5.88 Å². The number of rotatable bonds is 5. The average molecular weight is 349 g/mol. The first-order valence-corrected chi connectivity index (χ1v) is 8.06. The van der Waals surface area contributed by atoms with Crippen LogP contribution in [0.3, 0.4) is 0 Å². The number of nitrogens with one attached hydrogen (secondary N) is 2. The lowest BCUT2D eigenvalue weighted by atomic mass is 10.2. The minimum absolute atomic E-state index is 0.385. The highest BCUT2D eigenvalue weighted by atomic mass is 16.5. The number of methoxy groups -OCH3 is 1. The quantitative estimate of drug-likeness (QED) is 0.692. The van der Waals surface area contributed by atoms with Crippen LogP contribution in [0.25, 0.3) is 0 Å². The van der Waals surface area contributed by atoms with Crippen molar-refractivity contribution >= 4 is 17.4 Å². The van der Waals surface area contributed by atoms with Gasteiger partial charge in [-0.3, -0.25) is 0 Å². The van der Waals surface area contributed by atoms with Crippen molar-refractivity contribution in [1.82, 2.24) is 4.98 Å². The molecule has 1 heterocycles. The average Bonchev–Trinajstić information content (AvgIpc) is 2.65. The lowest BCUT2D eigenvalue weighted by Gasteiger charge is -2.11. The van der Waals surface area contributed by atoms with Crippen LogP contribution in [0.2, 0.25) is 0 Å². The Hall–Kier alpha value is -3.54. The number of pyridine rings is 1. The minimum atomic E-state index is -0.385. The number of nitrogens with zero attached hydrogens (tertiary/aromatic N) is 1. The van der Waals surface area contributed by atoms with Gasteiger partial charge in [0.25, 0.3) is 0 Å². The number of hydrogen-bond donors (Lipinski definition) is 2. The molecule has 0 fully saturated rings. The van der Waals surface area contributed by atoms with Crippen LogP contribution in [-0.4, -0.2) is 18.1 Å². The highest BCUT2D eigenvalue weighted by Crippen LogP contribution is 2.25. The number of para-hydroxylation sites is 3. The Kier molecular flexibility index (Phi) is 5.34. The van der Waals surface area contributed by atoms with Crippen molar-refractivity contribution in [2.75, 3.05) is 17.7 Å². The van der Waals surface area contributed by atoms with Crippen molar-refractivity contribution in [3.05, 3.63) is 72.4 Å². The topological polar surface area (TPSA) is 72.5 Å². The van der Waals surface area contributed by atoms with Gasteiger partial charge in [0.05, 0.1) is 24.7 Å². The summed E-state index contributed by atoms with van der Waals surface area (Å²) in [5.74, 6) is 1.78. The van der Waals surface area contributed by atoms with Crippen LogP contribution < -0.4 is 20.1 Å². The van der Waals surface area contributed by atoms with Gasteiger partial charge >= 0.3 is 6.03 Å². The molecule has 0 unspecified atom stereocenters. The molecule has 3 rings (SSSR count). The molecule has 132 valence electrons. The predicted molar refractivity (Wildman–Crippen MR) is 101 cm³/mol. The number of amides is 2. The minimum Gasteiger partial charge on any atom is -0.495 e. The molecule has 2 amide bonds. The molecule has 0 aliphatic heterocycles. The Bertz CT molecular complexity index is 895. The number of carbonyl (C=O) groups is 1. The summed E-state index contributed by atoms with van der Waals surface area (Å²) >= 11 is 0. The van der Waals surface area contributed by atoms with Gasteiger partial charge in [0, 0.05) is 6.07 Å². The van der Waals surface area contributed by atoms with Crippen molar-refractivity contribution in [3.63, 3.8) is 0 Å². The molecule has 26 heavy (non-hydrogen) atoms. The Balaban J connectivity index is 1.62. The molecule has 0 aliphatic rings. The molecule has 1 aromatic heterocycles. The number of benzene rings is 2. The SMILES string of the molecule is COc1ccccc1NC(=O)Nc1ccc(Oc2ccccc2C)nc1. The van der Waals surface area contributed by atoms with Gasteiger partial charge in [0.15, 0.2) is 0 Å². The largest absolute Gasteiger partial charge is 0.495 e. The summed E-state index contributed by atoms with van der Waals surface area (Å²) in [4.78, 5) is 16.4. The van der Waals surface area contributed by atoms with E-state index in [0.29, 0.717) is 23.0 Å². The zero-order chi connectivity index (χ0) is 18.4. The molecule has 6 heteroatoms. The van der Waals surface area contributed by atoms with Gasteiger partial charge in [-0.05, 0) is 36.8 Å². The van der Waals surface area contributed by atoms with E-state index >= 15 is 0 Å². The zero-order valence-electron chi connectivity index (χ0n) is 14.5. The summed E-state index contributed by atoms with van der Waals surface area (Å²) < 4.78 is 10.9. The van der Waals surface area contributed by atoms with Crippen LogP contribution in [0.15, 0.2) is 66.9 Å². The van der Waals surface area contributed by atoms with E-state index in [1.165, 1.54) is 6.20 Å². The molecule has 3 aromatic rings. The summed E-state index contributed by atoms with van der Waals surface area (Å²) in [5, 5.41) is 5.46. The zero-order valence-corrected chi connectivity index (χ0v) is 14.5. The van der Waals surface area contributed by atoms with E-state index in [0.717, 1.165) is 11.3 Å². The van der Waals surface area contributed by atoms with Gasteiger partial charge in [0.1, 0.15) is 11.5 Å². The molecule has 0 bridgehead atoms. The molecule has 0 saturated heterocycles. The third-order valence-electron chi connectivity index (χ3n) is 3.66. The fourth-order valence-corrected chi connectivity index (χ4v) is 2.33. The molecule has 2 aromatic carbocycles. The van der Waals surface area contributed by atoms with Crippen molar-refractivity contribution in [1.29, 1.82) is 0 Å². The van der Waals surface area contributed by atoms with Gasteiger partial charge in [-0.2, -0.15) is 0 Å². The number of aromatic nitrogens is 1. The monoisotopic (exact) mass is 349 g/mol. The fraction of sp³-hybridized carbons (Fsp3) is 0.100. The Labute approximate surface area is 151 Å². The first-order valence-electron chi connectivity index (χ1n) is 8.06. The van der Waals surface area contributed by atoms with Crippen molar-refractivity contribution in [2.24, 2.45) is 0 Å². The number of aryl methyl sites for hydroxylation is 1. The highest BCUT2D eigenvalue weighted by Gasteiger charge is 2.08. The van der Waals surface area contributed by atoms with Gasteiger partial charge < -0.3 is 20.1 Å². The second-order valence-electron chi connectivity index (χ2n) is 5.53. The molecular formula is C20H19N3O3. The van der Waals surface area contributed by atoms with E-state index in [9.17, 15) is 4.79 Å². The molecule has 0 atom stereocenters. The molecule has 2 N–H and O–H groups in total. The molecule has 0 spiro atoms. The van der Waals surface area contributed by atoms with Crippen LogP contribution in [0.4, 0.5) is 16.2 Å². The number of carbonyl (C=O) groups excluding carboxylic acids is 1. The van der Waals surface area contributed by atoms with Gasteiger partial charge in [-0.25, -0.2) is 9.78 Å². The normalized spacial score (nSPS) is 10.1. The van der Waals surface area contributed by atoms with E-state index in [1.54, 1.807) is 31.4 Å². The number of urea groups is 1. The van der Waals surface area contributed by atoms with E-state index in [-0.39, 0.29) is 6.03 Å². The Morgan fingerprint density at radius 1 is 0.923 bits per heavy atom. The molecular weight excluding hydrogens is 330 g/mol. The maximum Gasteiger partial charge on any atom is 0.323 e.